The highest BCUT2D eigenvalue weighted by Gasteiger charge is 2.42. The normalized spacial score (nSPS) is 15.9. The lowest BCUT2D eigenvalue weighted by atomic mass is 9.96. The topological polar surface area (TPSA) is 502 Å². The number of phenols is 1. The monoisotopic (exact) mass is 1320 g/mol. The minimum absolute atomic E-state index is 0.0377. The SMILES string of the molecule is CC[C@H](C)[C@H](NC(=O)[C@H](Cc1ccc(O)cc1)NC(=O)[C@@H](NC(=O)[C@H](CCCN=C(N)N)NC(=O)[C@@H](N)CC(=O)O)C(C)C)C(=O)N[C@@H](Cc1cnc[nH]1)C(=O)N1CCC[C@H]1C(=O)N[C@@H](Cc1ccccc1)C(=O)N[C@@H](Cc1cnc[nH]1)C(=O)N[C@@H](CC(C)C)C(=O)OC=O. The van der Waals surface area contributed by atoms with Crippen LogP contribution in [0.5, 0.6) is 5.75 Å². The van der Waals surface area contributed by atoms with Gasteiger partial charge in [0.2, 0.25) is 53.2 Å². The molecule has 0 saturated carbocycles. The molecule has 0 aliphatic carbocycles. The van der Waals surface area contributed by atoms with E-state index in [1.807, 2.05) is 0 Å². The van der Waals surface area contributed by atoms with Crippen molar-refractivity contribution < 1.29 is 72.5 Å². The molecule has 11 atom stereocenters. The number of nitrogens with one attached hydrogen (secondary N) is 10. The second-order valence-electron chi connectivity index (χ2n) is 24.1. The van der Waals surface area contributed by atoms with Crippen molar-refractivity contribution in [2.45, 2.75) is 173 Å². The maximum atomic E-state index is 15.1. The number of ether oxygens (including phenoxy) is 1. The first kappa shape index (κ1) is 75.4. The van der Waals surface area contributed by atoms with E-state index in [1.54, 1.807) is 71.9 Å². The van der Waals surface area contributed by atoms with E-state index < -0.39 is 144 Å². The van der Waals surface area contributed by atoms with E-state index in [4.69, 9.17) is 17.2 Å². The Morgan fingerprint density at radius 2 is 1.18 bits per heavy atom. The molecule has 0 radical (unpaired) electrons. The third-order valence-corrected chi connectivity index (χ3v) is 15.8. The number of guanidine groups is 1. The number of imidazole rings is 2. The Morgan fingerprint density at radius 1 is 0.663 bits per heavy atom. The summed E-state index contributed by atoms with van der Waals surface area (Å²) in [4.78, 5) is 184. The molecule has 2 aromatic carbocycles. The smallest absolute Gasteiger partial charge is 0.336 e. The second kappa shape index (κ2) is 37.4. The van der Waals surface area contributed by atoms with Crippen molar-refractivity contribution in [3.05, 3.63) is 102 Å². The van der Waals surface area contributed by atoms with Crippen molar-refractivity contribution in [2.24, 2.45) is 39.9 Å². The number of aliphatic carboxylic acids is 1. The number of carboxylic acid groups (broad SMARTS) is 1. The van der Waals surface area contributed by atoms with E-state index in [0.29, 0.717) is 35.4 Å². The number of aromatic nitrogens is 4. The van der Waals surface area contributed by atoms with E-state index in [9.17, 15) is 63.0 Å². The van der Waals surface area contributed by atoms with Crippen molar-refractivity contribution in [3.63, 3.8) is 0 Å². The summed E-state index contributed by atoms with van der Waals surface area (Å²) in [6.45, 7) is 10.3. The molecule has 1 aliphatic rings. The minimum Gasteiger partial charge on any atom is -0.508 e. The number of carboxylic acids is 1. The minimum atomic E-state index is -1.54. The maximum Gasteiger partial charge on any atom is 0.336 e. The first-order valence-electron chi connectivity index (χ1n) is 31.3. The molecule has 32 heteroatoms. The van der Waals surface area contributed by atoms with Crippen LogP contribution >= 0.6 is 0 Å². The number of nitrogens with two attached hydrogens (primary N) is 3. The zero-order valence-electron chi connectivity index (χ0n) is 54.0. The number of hydrogen-bond donors (Lipinski definition) is 15. The third kappa shape index (κ3) is 24.3. The van der Waals surface area contributed by atoms with Gasteiger partial charge in [-0.3, -0.25) is 57.7 Å². The van der Waals surface area contributed by atoms with Crippen LogP contribution in [0.1, 0.15) is 109 Å². The molecule has 18 N–H and O–H groups in total. The standard InChI is InChI=1S/C63H89N17O15/c1-7-36(6)52(79-57(89)45(25-38-17-19-41(82)20-18-38)75-59(91)51(35(4)5)78-54(86)43(15-11-21-69-63(65)66)72-53(85)42(64)28-50(83)84)60(92)76-47(27-40-30-68-32-71-40)61(93)80-22-12-16-49(80)58(90)74-44(24-37-13-9-8-10-14-37)55(87)73-46(26-39-29-67-31-70-39)56(88)77-48(23-34(2)3)62(94)95-33-81/h8-10,13-14,17-20,29-36,42-49,51-52,82H,7,11-12,15-16,21-28,64H2,1-6H3,(H,67,70)(H,68,71)(H,72,85)(H,73,87)(H,74,90)(H,75,91)(H,76,92)(H,77,88)(H,78,86)(H,79,89)(H,83,84)(H4,65,66,69)/t36-,42-,43-,44-,45-,46-,47-,48-,49-,51-,52-/m0/s1. The van der Waals surface area contributed by atoms with E-state index in [0.717, 1.165) is 0 Å². The van der Waals surface area contributed by atoms with E-state index in [2.05, 4.69) is 72.2 Å². The lowest BCUT2D eigenvalue weighted by molar-refractivity contribution is -0.155. The van der Waals surface area contributed by atoms with Crippen molar-refractivity contribution in [3.8, 4) is 5.75 Å². The van der Waals surface area contributed by atoms with Gasteiger partial charge in [0, 0.05) is 62.6 Å². The number of esters is 1. The molecule has 0 unspecified atom stereocenters. The quantitative estimate of drug-likeness (QED) is 0.00593. The van der Waals surface area contributed by atoms with E-state index >= 15 is 4.79 Å². The number of rotatable bonds is 38. The summed E-state index contributed by atoms with van der Waals surface area (Å²) in [7, 11) is 0. The number of hydrogen-bond acceptors (Lipinski definition) is 18. The fourth-order valence-electron chi connectivity index (χ4n) is 10.5. The molecule has 32 nitrogen and oxygen atoms in total. The highest BCUT2D eigenvalue weighted by molar-refractivity contribution is 5.99. The van der Waals surface area contributed by atoms with Crippen molar-refractivity contribution in [2.75, 3.05) is 13.1 Å². The molecule has 4 aromatic rings. The van der Waals surface area contributed by atoms with Gasteiger partial charge in [-0.25, -0.2) is 14.8 Å². The van der Waals surface area contributed by atoms with Crippen LogP contribution in [0, 0.1) is 17.8 Å². The van der Waals surface area contributed by atoms with Gasteiger partial charge in [0.05, 0.1) is 25.1 Å². The van der Waals surface area contributed by atoms with Crippen LogP contribution in [0.2, 0.25) is 0 Å². The molecule has 95 heavy (non-hydrogen) atoms. The third-order valence-electron chi connectivity index (χ3n) is 15.8. The van der Waals surface area contributed by atoms with Crippen molar-refractivity contribution >= 4 is 77.5 Å². The summed E-state index contributed by atoms with van der Waals surface area (Å²) in [5.41, 5.74) is 18.6. The predicted octanol–water partition coefficient (Wildman–Crippen LogP) is -1.72. The van der Waals surface area contributed by atoms with Gasteiger partial charge in [-0.2, -0.15) is 0 Å². The number of nitrogens with zero attached hydrogens (tertiary/aromatic N) is 4. The number of aliphatic imine (C=N–C) groups is 1. The van der Waals surface area contributed by atoms with Crippen molar-refractivity contribution in [1.29, 1.82) is 0 Å². The van der Waals surface area contributed by atoms with Crippen LogP contribution in [-0.2, 0) is 88.0 Å². The van der Waals surface area contributed by atoms with Gasteiger partial charge in [-0.15, -0.1) is 0 Å². The number of carbonyl (C=O) groups excluding carboxylic acids is 11. The summed E-state index contributed by atoms with van der Waals surface area (Å²) in [5, 5.41) is 40.9. The van der Waals surface area contributed by atoms with Gasteiger partial charge in [-0.1, -0.05) is 90.4 Å². The number of phenolic OH excluding ortho intramolecular Hbond substituents is 1. The fourth-order valence-corrected chi connectivity index (χ4v) is 10.5. The van der Waals surface area contributed by atoms with Crippen LogP contribution in [0.4, 0.5) is 0 Å². The molecular formula is C63H89N17O15. The van der Waals surface area contributed by atoms with Crippen LogP contribution in [0.25, 0.3) is 0 Å². The van der Waals surface area contributed by atoms with Gasteiger partial charge < -0.3 is 89.6 Å². The Bertz CT molecular complexity index is 3250. The van der Waals surface area contributed by atoms with Gasteiger partial charge in [0.15, 0.2) is 5.96 Å². The molecule has 0 bridgehead atoms. The summed E-state index contributed by atoms with van der Waals surface area (Å²) < 4.78 is 4.58. The van der Waals surface area contributed by atoms with Crippen LogP contribution in [-0.4, -0.2) is 186 Å². The number of amides is 9. The average molecular weight is 1320 g/mol. The molecule has 3 heterocycles. The average Bonchev–Trinajstić information content (AvgIpc) is 1.77. The summed E-state index contributed by atoms with van der Waals surface area (Å²) in [6, 6.07) is 0.661. The molecule has 2 aromatic heterocycles. The van der Waals surface area contributed by atoms with Gasteiger partial charge in [0.25, 0.3) is 0 Å². The van der Waals surface area contributed by atoms with E-state index in [1.165, 1.54) is 54.2 Å². The van der Waals surface area contributed by atoms with Gasteiger partial charge >= 0.3 is 18.4 Å². The highest BCUT2D eigenvalue weighted by atomic mass is 16.6. The Hall–Kier alpha value is -10.3. The number of carbonyl (C=O) groups is 12. The molecule has 0 spiro atoms. The number of H-pyrrole nitrogens is 2. The maximum absolute atomic E-state index is 15.1. The van der Waals surface area contributed by atoms with Gasteiger partial charge in [0.1, 0.15) is 60.1 Å². The Labute approximate surface area is 549 Å². The molecule has 1 fully saturated rings. The molecule has 5 rings (SSSR count). The molecule has 1 aliphatic heterocycles. The fraction of sp³-hybridized carbons (Fsp3) is 0.508. The van der Waals surface area contributed by atoms with Gasteiger partial charge in [-0.05, 0) is 73.1 Å². The Kier molecular flexibility index (Phi) is 29.7. The van der Waals surface area contributed by atoms with E-state index in [-0.39, 0.29) is 88.6 Å². The Morgan fingerprint density at radius 3 is 1.74 bits per heavy atom. The summed E-state index contributed by atoms with van der Waals surface area (Å²) >= 11 is 0. The molecule has 1 saturated heterocycles. The van der Waals surface area contributed by atoms with Crippen LogP contribution in [0.15, 0.2) is 84.6 Å². The number of likely N-dealkylation sites (tertiary alicyclic amines) is 1. The lowest BCUT2D eigenvalue weighted by Crippen LogP contribution is -2.62. The molecular weight excluding hydrogens is 1230 g/mol. The van der Waals surface area contributed by atoms with Crippen LogP contribution < -0.4 is 59.7 Å². The highest BCUT2D eigenvalue weighted by Crippen LogP contribution is 2.22. The largest absolute Gasteiger partial charge is 0.508 e. The summed E-state index contributed by atoms with van der Waals surface area (Å²) in [6.07, 6.45) is 5.11. The molecule has 9 amide bonds. The zero-order valence-corrected chi connectivity index (χ0v) is 54.0. The predicted molar refractivity (Wildman–Crippen MR) is 343 cm³/mol. The second-order valence-corrected chi connectivity index (χ2v) is 24.1. The Balaban J connectivity index is 1.41. The first-order chi connectivity index (χ1) is 45.2. The van der Waals surface area contributed by atoms with Crippen molar-refractivity contribution in [1.82, 2.24) is 67.4 Å². The lowest BCUT2D eigenvalue weighted by Gasteiger charge is -2.32. The zero-order chi connectivity index (χ0) is 69.9. The summed E-state index contributed by atoms with van der Waals surface area (Å²) in [5.74, 6) is -11.6. The number of aromatic hydroxyl groups is 1. The molecule has 516 valence electrons. The number of aromatic amines is 2. The first-order valence-corrected chi connectivity index (χ1v) is 31.3. The van der Waals surface area contributed by atoms with Crippen LogP contribution in [0.3, 0.4) is 0 Å². The number of benzene rings is 2.